The van der Waals surface area contributed by atoms with Gasteiger partial charge < -0.3 is 9.80 Å². The molecule has 0 bridgehead atoms. The van der Waals surface area contributed by atoms with E-state index < -0.39 is 0 Å². The second-order valence-corrected chi connectivity index (χ2v) is 5.27. The average Bonchev–Trinajstić information content (AvgIpc) is 2.49. The van der Waals surface area contributed by atoms with Gasteiger partial charge in [0.2, 0.25) is 0 Å². The predicted molar refractivity (Wildman–Crippen MR) is 67.3 cm³/mol. The van der Waals surface area contributed by atoms with E-state index in [-0.39, 0.29) is 11.6 Å². The van der Waals surface area contributed by atoms with E-state index in [0.717, 1.165) is 32.4 Å². The van der Waals surface area contributed by atoms with E-state index in [1.807, 2.05) is 4.90 Å². The summed E-state index contributed by atoms with van der Waals surface area (Å²) in [6.45, 7) is 5.92. The maximum absolute atomic E-state index is 11.9. The minimum absolute atomic E-state index is 0.0893. The molecule has 2 fully saturated rings. The fraction of sp³-hybridized carbons (Fsp3) is 0.833. The number of rotatable bonds is 2. The molecule has 2 aliphatic rings. The van der Waals surface area contributed by atoms with Gasteiger partial charge in [-0.3, -0.25) is 10.7 Å². The maximum Gasteiger partial charge on any atom is 0.323 e. The molecule has 0 saturated carbocycles. The summed E-state index contributed by atoms with van der Waals surface area (Å²) in [4.78, 5) is 16.1. The minimum Gasteiger partial charge on any atom is -0.312 e. The molecule has 5 heteroatoms. The second kappa shape index (κ2) is 4.29. The molecule has 1 spiro atoms. The van der Waals surface area contributed by atoms with Gasteiger partial charge in [0.25, 0.3) is 0 Å². The maximum atomic E-state index is 11.9. The molecule has 0 aliphatic carbocycles. The van der Waals surface area contributed by atoms with E-state index >= 15 is 0 Å². The smallest absolute Gasteiger partial charge is 0.312 e. The van der Waals surface area contributed by atoms with Crippen LogP contribution in [0.1, 0.15) is 33.1 Å². The van der Waals surface area contributed by atoms with Crippen molar-refractivity contribution in [1.29, 1.82) is 5.41 Å². The Morgan fingerprint density at radius 1 is 1.59 bits per heavy atom. The van der Waals surface area contributed by atoms with E-state index in [0.29, 0.717) is 11.9 Å². The van der Waals surface area contributed by atoms with Crippen LogP contribution < -0.4 is 5.32 Å². The number of urea groups is 1. The molecule has 2 unspecified atom stereocenters. The summed E-state index contributed by atoms with van der Waals surface area (Å²) in [7, 11) is 2.11. The Morgan fingerprint density at radius 2 is 2.29 bits per heavy atom. The third-order valence-electron chi connectivity index (χ3n) is 4.17. The van der Waals surface area contributed by atoms with Crippen LogP contribution in [-0.4, -0.2) is 53.4 Å². The van der Waals surface area contributed by atoms with Crippen LogP contribution in [0.25, 0.3) is 0 Å². The van der Waals surface area contributed by atoms with Gasteiger partial charge >= 0.3 is 6.03 Å². The molecule has 2 amide bonds. The molecule has 0 aromatic rings. The van der Waals surface area contributed by atoms with Gasteiger partial charge in [0, 0.05) is 19.1 Å². The second-order valence-electron chi connectivity index (χ2n) is 5.27. The van der Waals surface area contributed by atoms with Gasteiger partial charge in [-0.1, -0.05) is 6.92 Å². The zero-order valence-corrected chi connectivity index (χ0v) is 10.9. The fourth-order valence-electron chi connectivity index (χ4n) is 2.96. The molecule has 5 nitrogen and oxygen atoms in total. The highest BCUT2D eigenvalue weighted by Gasteiger charge is 2.52. The highest BCUT2D eigenvalue weighted by Crippen LogP contribution is 2.35. The fourth-order valence-corrected chi connectivity index (χ4v) is 2.96. The highest BCUT2D eigenvalue weighted by atomic mass is 16.2. The Kier molecular flexibility index (Phi) is 3.12. The molecule has 0 radical (unpaired) electrons. The summed E-state index contributed by atoms with van der Waals surface area (Å²) in [6.07, 6.45) is 2.67. The Bertz CT molecular complexity index is 343. The van der Waals surface area contributed by atoms with E-state index in [9.17, 15) is 4.79 Å². The number of amidine groups is 1. The number of likely N-dealkylation sites (tertiary alicyclic amines) is 1. The molecule has 2 rings (SSSR count). The lowest BCUT2D eigenvalue weighted by molar-refractivity contribution is 0.0829. The third-order valence-corrected chi connectivity index (χ3v) is 4.17. The van der Waals surface area contributed by atoms with Gasteiger partial charge in [-0.15, -0.1) is 0 Å². The van der Waals surface area contributed by atoms with Gasteiger partial charge in [0.15, 0.2) is 0 Å². The first kappa shape index (κ1) is 12.4. The first-order valence-electron chi connectivity index (χ1n) is 6.39. The first-order valence-corrected chi connectivity index (χ1v) is 6.39. The molecular weight excluding hydrogens is 216 g/mol. The lowest BCUT2D eigenvalue weighted by Gasteiger charge is -2.45. The zero-order valence-electron chi connectivity index (χ0n) is 10.9. The van der Waals surface area contributed by atoms with Crippen molar-refractivity contribution in [3.05, 3.63) is 0 Å². The number of carbonyl (C=O) groups excluding carboxylic acids is 1. The van der Waals surface area contributed by atoms with E-state index in [2.05, 4.69) is 31.1 Å². The summed E-state index contributed by atoms with van der Waals surface area (Å²) in [5.74, 6) is 0.399. The van der Waals surface area contributed by atoms with Crippen molar-refractivity contribution in [2.24, 2.45) is 0 Å². The van der Waals surface area contributed by atoms with Gasteiger partial charge in [-0.05, 0) is 33.2 Å². The number of amides is 2. The standard InChI is InChI=1S/C12H22N4O/c1-4-6-16-11(17)14-10(13)12(16)5-7-15(3)9(2)8-12/h9H,4-8H2,1-3H3,(H2,13,14,17). The molecule has 2 atom stereocenters. The zero-order chi connectivity index (χ0) is 12.6. The van der Waals surface area contributed by atoms with Crippen LogP contribution in [0, 0.1) is 5.41 Å². The van der Waals surface area contributed by atoms with Crippen LogP contribution >= 0.6 is 0 Å². The van der Waals surface area contributed by atoms with Gasteiger partial charge in [0.1, 0.15) is 11.4 Å². The van der Waals surface area contributed by atoms with E-state index in [1.54, 1.807) is 0 Å². The first-order chi connectivity index (χ1) is 8.01. The molecule has 2 saturated heterocycles. The lowest BCUT2D eigenvalue weighted by Crippen LogP contribution is -2.58. The van der Waals surface area contributed by atoms with Crippen molar-refractivity contribution in [1.82, 2.24) is 15.1 Å². The number of carbonyl (C=O) groups is 1. The van der Waals surface area contributed by atoms with E-state index in [4.69, 9.17) is 5.41 Å². The molecular formula is C12H22N4O. The Balaban J connectivity index is 2.26. The normalized spacial score (nSPS) is 34.5. The Hall–Kier alpha value is -1.10. The van der Waals surface area contributed by atoms with Gasteiger partial charge in [-0.2, -0.15) is 0 Å². The highest BCUT2D eigenvalue weighted by molar-refractivity contribution is 6.08. The largest absolute Gasteiger partial charge is 0.323 e. The van der Waals surface area contributed by atoms with E-state index in [1.165, 1.54) is 0 Å². The Morgan fingerprint density at radius 3 is 2.88 bits per heavy atom. The number of piperidine rings is 1. The molecule has 17 heavy (non-hydrogen) atoms. The summed E-state index contributed by atoms with van der Waals surface area (Å²) in [5.41, 5.74) is -0.362. The number of hydrogen-bond donors (Lipinski definition) is 2. The summed E-state index contributed by atoms with van der Waals surface area (Å²) in [5, 5.41) is 10.8. The molecule has 0 aromatic heterocycles. The molecule has 96 valence electrons. The predicted octanol–water partition coefficient (Wildman–Crippen LogP) is 1.25. The summed E-state index contributed by atoms with van der Waals surface area (Å²) in [6, 6.07) is 0.324. The SMILES string of the molecule is CCCN1C(=O)NC(=N)C12CCN(C)C(C)C2. The summed E-state index contributed by atoms with van der Waals surface area (Å²) < 4.78 is 0. The van der Waals surface area contributed by atoms with Crippen LogP contribution in [0.3, 0.4) is 0 Å². The number of nitrogens with one attached hydrogen (secondary N) is 2. The quantitative estimate of drug-likeness (QED) is 0.760. The summed E-state index contributed by atoms with van der Waals surface area (Å²) >= 11 is 0. The topological polar surface area (TPSA) is 59.4 Å². The van der Waals surface area contributed by atoms with Crippen LogP contribution in [-0.2, 0) is 0 Å². The molecule has 2 aliphatic heterocycles. The lowest BCUT2D eigenvalue weighted by atomic mass is 9.82. The molecule has 2 heterocycles. The van der Waals surface area contributed by atoms with Crippen molar-refractivity contribution in [2.75, 3.05) is 20.1 Å². The van der Waals surface area contributed by atoms with Gasteiger partial charge in [-0.25, -0.2) is 4.79 Å². The number of nitrogens with zero attached hydrogens (tertiary/aromatic N) is 2. The van der Waals surface area contributed by atoms with Crippen LogP contribution in [0.4, 0.5) is 4.79 Å². The molecule has 0 aromatic carbocycles. The van der Waals surface area contributed by atoms with Crippen molar-refractivity contribution in [3.8, 4) is 0 Å². The van der Waals surface area contributed by atoms with Crippen molar-refractivity contribution in [2.45, 2.75) is 44.7 Å². The molecule has 2 N–H and O–H groups in total. The third kappa shape index (κ3) is 1.82. The Labute approximate surface area is 103 Å². The van der Waals surface area contributed by atoms with Crippen molar-refractivity contribution < 1.29 is 4.79 Å². The average molecular weight is 238 g/mol. The van der Waals surface area contributed by atoms with Crippen molar-refractivity contribution >= 4 is 11.9 Å². The van der Waals surface area contributed by atoms with Crippen LogP contribution in [0.15, 0.2) is 0 Å². The van der Waals surface area contributed by atoms with Gasteiger partial charge in [0.05, 0.1) is 0 Å². The minimum atomic E-state index is -0.362. The monoisotopic (exact) mass is 238 g/mol. The number of hydrogen-bond acceptors (Lipinski definition) is 3. The van der Waals surface area contributed by atoms with Crippen LogP contribution in [0.5, 0.6) is 0 Å². The van der Waals surface area contributed by atoms with Crippen LogP contribution in [0.2, 0.25) is 0 Å². The van der Waals surface area contributed by atoms with Crippen molar-refractivity contribution in [3.63, 3.8) is 0 Å².